The van der Waals surface area contributed by atoms with Gasteiger partial charge in [0.2, 0.25) is 0 Å². The van der Waals surface area contributed by atoms with Gasteiger partial charge in [-0.25, -0.2) is 0 Å². The van der Waals surface area contributed by atoms with Crippen LogP contribution in [0.5, 0.6) is 5.75 Å². The van der Waals surface area contributed by atoms with Crippen molar-refractivity contribution in [3.63, 3.8) is 0 Å². The number of phenols is 1. The molecule has 6 aromatic rings. The third-order valence-electron chi connectivity index (χ3n) is 7.64. The number of rotatable bonds is 4. The second-order valence-corrected chi connectivity index (χ2v) is 9.86. The molecule has 0 atom stereocenters. The molecule has 0 spiro atoms. The van der Waals surface area contributed by atoms with Crippen LogP contribution in [0.4, 0.5) is 0 Å². The van der Waals surface area contributed by atoms with E-state index in [9.17, 15) is 5.11 Å². The normalized spacial score (nSPS) is 11.7. The molecule has 0 aromatic heterocycles. The first-order chi connectivity index (χ1) is 18.8. The summed E-state index contributed by atoms with van der Waals surface area (Å²) in [5.74, 6) is 0.298. The molecule has 1 N–H and O–H groups in total. The molecular weight excluding hydrogens is 460 g/mol. The number of hydrogen-bond donors (Lipinski definition) is 1. The zero-order valence-electron chi connectivity index (χ0n) is 20.9. The highest BCUT2D eigenvalue weighted by molar-refractivity contribution is 6.00. The number of aromatic hydroxyl groups is 1. The number of fused-ring (bicyclic) bond motifs is 3. The average molecular weight is 487 g/mol. The minimum absolute atomic E-state index is 0.298. The van der Waals surface area contributed by atoms with Crippen molar-refractivity contribution in [3.8, 4) is 61.4 Å². The van der Waals surface area contributed by atoms with Gasteiger partial charge in [0, 0.05) is 5.56 Å². The van der Waals surface area contributed by atoms with Crippen molar-refractivity contribution >= 4 is 0 Å². The van der Waals surface area contributed by atoms with Crippen LogP contribution < -0.4 is 0 Å². The van der Waals surface area contributed by atoms with Crippen LogP contribution >= 0.6 is 0 Å². The lowest BCUT2D eigenvalue weighted by Crippen LogP contribution is -1.93. The molecule has 0 heterocycles. The molecule has 1 aliphatic carbocycles. The van der Waals surface area contributed by atoms with Gasteiger partial charge in [-0.1, -0.05) is 127 Å². The molecular formula is C37H26O. The van der Waals surface area contributed by atoms with Gasteiger partial charge in [0.25, 0.3) is 0 Å². The van der Waals surface area contributed by atoms with Gasteiger partial charge < -0.3 is 5.11 Å². The highest BCUT2D eigenvalue weighted by Gasteiger charge is 2.28. The average Bonchev–Trinajstić information content (AvgIpc) is 3.38. The first-order valence-corrected chi connectivity index (χ1v) is 13.1. The Kier molecular flexibility index (Phi) is 5.41. The standard InChI is InChI=1S/C37H26O/c38-35-22-19-28(23-33(35)27-15-8-3-9-16-27)30-20-21-32(26-13-6-2-7-14-26)37-34(30)24-29-17-10-18-31(36(29)37)25-11-4-1-5-12-25/h1-23,38H,24H2. The van der Waals surface area contributed by atoms with Crippen LogP contribution in [0.3, 0.4) is 0 Å². The molecule has 0 unspecified atom stereocenters. The lowest BCUT2D eigenvalue weighted by atomic mass is 9.86. The lowest BCUT2D eigenvalue weighted by Gasteiger charge is -2.17. The van der Waals surface area contributed by atoms with Crippen molar-refractivity contribution in [2.24, 2.45) is 0 Å². The molecule has 38 heavy (non-hydrogen) atoms. The Balaban J connectivity index is 1.49. The Morgan fingerprint density at radius 1 is 0.395 bits per heavy atom. The maximum absolute atomic E-state index is 10.7. The molecule has 180 valence electrons. The fourth-order valence-electron chi connectivity index (χ4n) is 5.89. The fraction of sp³-hybridized carbons (Fsp3) is 0.0270. The van der Waals surface area contributed by atoms with Gasteiger partial charge in [0.15, 0.2) is 0 Å². The summed E-state index contributed by atoms with van der Waals surface area (Å²) in [5.41, 5.74) is 14.5. The summed E-state index contributed by atoms with van der Waals surface area (Å²) in [4.78, 5) is 0. The van der Waals surface area contributed by atoms with Crippen LogP contribution in [-0.2, 0) is 6.42 Å². The summed E-state index contributed by atoms with van der Waals surface area (Å²) in [6.07, 6.45) is 0.878. The minimum Gasteiger partial charge on any atom is -0.507 e. The maximum atomic E-state index is 10.7. The van der Waals surface area contributed by atoms with Gasteiger partial charge in [0.05, 0.1) is 0 Å². The number of hydrogen-bond acceptors (Lipinski definition) is 1. The summed E-state index contributed by atoms with van der Waals surface area (Å²) in [5, 5.41) is 10.7. The summed E-state index contributed by atoms with van der Waals surface area (Å²) in [6, 6.07) is 48.7. The number of benzene rings is 6. The van der Waals surface area contributed by atoms with Crippen LogP contribution in [0.2, 0.25) is 0 Å². The zero-order valence-corrected chi connectivity index (χ0v) is 20.9. The van der Waals surface area contributed by atoms with E-state index in [2.05, 4.69) is 97.1 Å². The Hall–Kier alpha value is -4.88. The van der Waals surface area contributed by atoms with E-state index in [-0.39, 0.29) is 0 Å². The van der Waals surface area contributed by atoms with E-state index in [0.717, 1.165) is 23.1 Å². The second kappa shape index (κ2) is 9.21. The molecule has 0 saturated heterocycles. The van der Waals surface area contributed by atoms with E-state index in [1.807, 2.05) is 42.5 Å². The molecule has 0 bridgehead atoms. The molecule has 6 aromatic carbocycles. The van der Waals surface area contributed by atoms with Gasteiger partial charge in [-0.3, -0.25) is 0 Å². The third kappa shape index (κ3) is 3.72. The molecule has 0 aliphatic heterocycles. The van der Waals surface area contributed by atoms with E-state index in [1.54, 1.807) is 0 Å². The predicted molar refractivity (Wildman–Crippen MR) is 158 cm³/mol. The largest absolute Gasteiger partial charge is 0.507 e. The first kappa shape index (κ1) is 22.3. The van der Waals surface area contributed by atoms with Gasteiger partial charge in [-0.15, -0.1) is 0 Å². The Morgan fingerprint density at radius 2 is 0.947 bits per heavy atom. The van der Waals surface area contributed by atoms with E-state index in [0.29, 0.717) is 5.75 Å². The second-order valence-electron chi connectivity index (χ2n) is 9.86. The van der Waals surface area contributed by atoms with Crippen molar-refractivity contribution in [3.05, 3.63) is 151 Å². The highest BCUT2D eigenvalue weighted by Crippen LogP contribution is 2.50. The molecule has 0 radical (unpaired) electrons. The van der Waals surface area contributed by atoms with Gasteiger partial charge in [0.1, 0.15) is 5.75 Å². The summed E-state index contributed by atoms with van der Waals surface area (Å²) in [7, 11) is 0. The molecule has 0 saturated carbocycles. The van der Waals surface area contributed by atoms with Gasteiger partial charge in [-0.05, 0) is 79.8 Å². The van der Waals surface area contributed by atoms with E-state index in [1.165, 1.54) is 50.1 Å². The van der Waals surface area contributed by atoms with E-state index in [4.69, 9.17) is 0 Å². The van der Waals surface area contributed by atoms with Gasteiger partial charge >= 0.3 is 0 Å². The first-order valence-electron chi connectivity index (χ1n) is 13.1. The molecule has 1 heteroatoms. The lowest BCUT2D eigenvalue weighted by molar-refractivity contribution is 0.477. The summed E-state index contributed by atoms with van der Waals surface area (Å²) in [6.45, 7) is 0. The number of phenolic OH excluding ortho intramolecular Hbond substituents is 1. The predicted octanol–water partition coefficient (Wildman–Crippen LogP) is 9.63. The zero-order chi connectivity index (χ0) is 25.5. The molecule has 1 aliphatic rings. The van der Waals surface area contributed by atoms with Crippen LogP contribution in [0.15, 0.2) is 140 Å². The summed E-state index contributed by atoms with van der Waals surface area (Å²) >= 11 is 0. The highest BCUT2D eigenvalue weighted by atomic mass is 16.3. The van der Waals surface area contributed by atoms with Crippen molar-refractivity contribution < 1.29 is 5.11 Å². The van der Waals surface area contributed by atoms with Crippen molar-refractivity contribution in [2.45, 2.75) is 6.42 Å². The van der Waals surface area contributed by atoms with E-state index < -0.39 is 0 Å². The Bertz CT molecular complexity index is 1770. The third-order valence-corrected chi connectivity index (χ3v) is 7.64. The van der Waals surface area contributed by atoms with Crippen molar-refractivity contribution in [1.82, 2.24) is 0 Å². The summed E-state index contributed by atoms with van der Waals surface area (Å²) < 4.78 is 0. The fourth-order valence-corrected chi connectivity index (χ4v) is 5.89. The van der Waals surface area contributed by atoms with Crippen molar-refractivity contribution in [1.29, 1.82) is 0 Å². The van der Waals surface area contributed by atoms with Crippen LogP contribution in [0.25, 0.3) is 55.6 Å². The Labute approximate surface area is 223 Å². The quantitative estimate of drug-likeness (QED) is 0.263. The smallest absolute Gasteiger partial charge is 0.123 e. The Morgan fingerprint density at radius 3 is 1.58 bits per heavy atom. The van der Waals surface area contributed by atoms with Crippen LogP contribution in [-0.4, -0.2) is 5.11 Å². The SMILES string of the molecule is Oc1ccc(-c2ccc(-c3ccccc3)c3c2Cc2cccc(-c4ccccc4)c2-3)cc1-c1ccccc1. The van der Waals surface area contributed by atoms with Crippen LogP contribution in [0, 0.1) is 0 Å². The maximum Gasteiger partial charge on any atom is 0.123 e. The van der Waals surface area contributed by atoms with Gasteiger partial charge in [-0.2, -0.15) is 0 Å². The molecule has 0 fully saturated rings. The monoisotopic (exact) mass is 486 g/mol. The molecule has 7 rings (SSSR count). The van der Waals surface area contributed by atoms with E-state index >= 15 is 0 Å². The van der Waals surface area contributed by atoms with Crippen LogP contribution in [0.1, 0.15) is 11.1 Å². The molecule has 0 amide bonds. The van der Waals surface area contributed by atoms with Crippen molar-refractivity contribution in [2.75, 3.05) is 0 Å². The molecule has 1 nitrogen and oxygen atoms in total. The minimum atomic E-state index is 0.298. The topological polar surface area (TPSA) is 20.2 Å².